The van der Waals surface area contributed by atoms with Gasteiger partial charge in [0, 0.05) is 5.41 Å². The third-order valence-electron chi connectivity index (χ3n) is 2.43. The zero-order valence-electron chi connectivity index (χ0n) is 10.7. The van der Waals surface area contributed by atoms with E-state index in [4.69, 9.17) is 5.26 Å². The first-order valence-corrected chi connectivity index (χ1v) is 5.58. The van der Waals surface area contributed by atoms with Crippen LogP contribution in [0.25, 0.3) is 6.08 Å². The molecule has 0 radical (unpaired) electrons. The van der Waals surface area contributed by atoms with Crippen molar-refractivity contribution in [2.75, 3.05) is 0 Å². The molecule has 0 saturated carbocycles. The molecule has 0 atom stereocenters. The molecule has 1 aromatic carbocycles. The van der Waals surface area contributed by atoms with Crippen LogP contribution in [-0.2, 0) is 4.79 Å². The smallest absolute Gasteiger partial charge is 0.178 e. The number of hydrogen-bond donors (Lipinski definition) is 0. The molecule has 2 heteroatoms. The number of rotatable bonds is 2. The van der Waals surface area contributed by atoms with E-state index in [9.17, 15) is 4.79 Å². The van der Waals surface area contributed by atoms with Crippen molar-refractivity contribution in [3.63, 3.8) is 0 Å². The lowest BCUT2D eigenvalue weighted by molar-refractivity contribution is -0.121. The molecule has 17 heavy (non-hydrogen) atoms. The molecule has 0 fully saturated rings. The van der Waals surface area contributed by atoms with Gasteiger partial charge in [0.1, 0.15) is 6.07 Å². The van der Waals surface area contributed by atoms with Crippen molar-refractivity contribution in [1.29, 1.82) is 5.26 Å². The molecular formula is C15H17NO. The van der Waals surface area contributed by atoms with E-state index in [-0.39, 0.29) is 11.4 Å². The van der Waals surface area contributed by atoms with Gasteiger partial charge in [-0.2, -0.15) is 5.26 Å². The van der Waals surface area contributed by atoms with E-state index in [1.807, 2.05) is 58.0 Å². The van der Waals surface area contributed by atoms with Crippen LogP contribution in [0.2, 0.25) is 0 Å². The highest BCUT2D eigenvalue weighted by Crippen LogP contribution is 2.21. The summed E-state index contributed by atoms with van der Waals surface area (Å²) in [6.45, 7) is 7.44. The summed E-state index contributed by atoms with van der Waals surface area (Å²) in [4.78, 5) is 12.0. The average molecular weight is 227 g/mol. The Morgan fingerprint density at radius 3 is 2.18 bits per heavy atom. The van der Waals surface area contributed by atoms with Crippen molar-refractivity contribution in [2.45, 2.75) is 27.7 Å². The third-order valence-corrected chi connectivity index (χ3v) is 2.43. The topological polar surface area (TPSA) is 40.9 Å². The van der Waals surface area contributed by atoms with Gasteiger partial charge in [-0.3, -0.25) is 4.79 Å². The Hall–Kier alpha value is -1.88. The van der Waals surface area contributed by atoms with Crippen LogP contribution in [0.4, 0.5) is 0 Å². The minimum atomic E-state index is -0.522. The van der Waals surface area contributed by atoms with Crippen LogP contribution in [0.5, 0.6) is 0 Å². The fourth-order valence-electron chi connectivity index (χ4n) is 1.38. The SMILES string of the molecule is Cc1ccc(/C=C(\C#N)C(=O)C(C)(C)C)cc1. The van der Waals surface area contributed by atoms with Crippen LogP contribution in [0.15, 0.2) is 29.8 Å². The van der Waals surface area contributed by atoms with E-state index < -0.39 is 5.41 Å². The van der Waals surface area contributed by atoms with Crippen LogP contribution in [0.1, 0.15) is 31.9 Å². The third kappa shape index (κ3) is 3.57. The van der Waals surface area contributed by atoms with Gasteiger partial charge in [-0.25, -0.2) is 0 Å². The second kappa shape index (κ2) is 4.97. The highest BCUT2D eigenvalue weighted by molar-refractivity contribution is 6.06. The molecule has 0 aromatic heterocycles. The number of allylic oxidation sites excluding steroid dienone is 1. The molecule has 0 saturated heterocycles. The number of carbonyl (C=O) groups is 1. The Morgan fingerprint density at radius 1 is 1.24 bits per heavy atom. The first-order chi connectivity index (χ1) is 7.84. The summed E-state index contributed by atoms with van der Waals surface area (Å²) in [7, 11) is 0. The van der Waals surface area contributed by atoms with Gasteiger partial charge < -0.3 is 0 Å². The van der Waals surface area contributed by atoms with Crippen LogP contribution < -0.4 is 0 Å². The molecule has 0 aliphatic rings. The number of hydrogen-bond acceptors (Lipinski definition) is 2. The fraction of sp³-hybridized carbons (Fsp3) is 0.333. The van der Waals surface area contributed by atoms with Gasteiger partial charge in [-0.15, -0.1) is 0 Å². The summed E-state index contributed by atoms with van der Waals surface area (Å²) in [6.07, 6.45) is 1.65. The molecule has 0 aliphatic carbocycles. The minimum Gasteiger partial charge on any atom is -0.293 e. The van der Waals surface area contributed by atoms with Crippen molar-refractivity contribution in [3.8, 4) is 6.07 Å². The largest absolute Gasteiger partial charge is 0.293 e. The Balaban J connectivity index is 3.08. The predicted octanol–water partition coefficient (Wildman–Crippen LogP) is 3.52. The molecule has 2 nitrogen and oxygen atoms in total. The second-order valence-electron chi connectivity index (χ2n) is 5.16. The fourth-order valence-corrected chi connectivity index (χ4v) is 1.38. The highest BCUT2D eigenvalue weighted by Gasteiger charge is 2.24. The lowest BCUT2D eigenvalue weighted by Gasteiger charge is -2.15. The summed E-state index contributed by atoms with van der Waals surface area (Å²) in [5, 5.41) is 9.04. The standard InChI is InChI=1S/C15H17NO/c1-11-5-7-12(8-6-11)9-13(10-16)14(17)15(2,3)4/h5-9H,1-4H3/b13-9+. The van der Waals surface area contributed by atoms with E-state index in [1.54, 1.807) is 6.08 Å². The van der Waals surface area contributed by atoms with Gasteiger partial charge in [-0.05, 0) is 18.6 Å². The summed E-state index contributed by atoms with van der Waals surface area (Å²) < 4.78 is 0. The minimum absolute atomic E-state index is 0.124. The van der Waals surface area contributed by atoms with E-state index in [0.717, 1.165) is 11.1 Å². The Morgan fingerprint density at radius 2 is 1.76 bits per heavy atom. The molecule has 0 spiro atoms. The number of benzene rings is 1. The van der Waals surface area contributed by atoms with E-state index >= 15 is 0 Å². The van der Waals surface area contributed by atoms with Crippen LogP contribution >= 0.6 is 0 Å². The molecule has 0 unspecified atom stereocenters. The van der Waals surface area contributed by atoms with Gasteiger partial charge in [0.15, 0.2) is 5.78 Å². The summed E-state index contributed by atoms with van der Waals surface area (Å²) in [5.74, 6) is -0.124. The zero-order chi connectivity index (χ0) is 13.1. The van der Waals surface area contributed by atoms with Crippen molar-refractivity contribution in [1.82, 2.24) is 0 Å². The van der Waals surface area contributed by atoms with Gasteiger partial charge in [-0.1, -0.05) is 50.6 Å². The van der Waals surface area contributed by atoms with Crippen LogP contribution in [0, 0.1) is 23.7 Å². The maximum absolute atomic E-state index is 12.0. The number of nitriles is 1. The summed E-state index contributed by atoms with van der Waals surface area (Å²) in [5.41, 5.74) is 1.72. The molecule has 0 heterocycles. The van der Waals surface area contributed by atoms with Gasteiger partial charge >= 0.3 is 0 Å². The van der Waals surface area contributed by atoms with Crippen molar-refractivity contribution in [2.24, 2.45) is 5.41 Å². The molecule has 0 aliphatic heterocycles. The lowest BCUT2D eigenvalue weighted by Crippen LogP contribution is -2.21. The number of ketones is 1. The summed E-state index contributed by atoms with van der Waals surface area (Å²) >= 11 is 0. The second-order valence-corrected chi connectivity index (χ2v) is 5.16. The molecule has 1 aromatic rings. The normalized spacial score (nSPS) is 12.1. The van der Waals surface area contributed by atoms with Crippen molar-refractivity contribution >= 4 is 11.9 Å². The Kier molecular flexibility index (Phi) is 3.85. The maximum atomic E-state index is 12.0. The van der Waals surface area contributed by atoms with Gasteiger partial charge in [0.2, 0.25) is 0 Å². The quantitative estimate of drug-likeness (QED) is 0.573. The summed E-state index contributed by atoms with van der Waals surface area (Å²) in [6, 6.07) is 9.72. The van der Waals surface area contributed by atoms with Crippen LogP contribution in [0.3, 0.4) is 0 Å². The Labute approximate surface area is 103 Å². The predicted molar refractivity (Wildman–Crippen MR) is 69.2 cm³/mol. The maximum Gasteiger partial charge on any atom is 0.178 e. The van der Waals surface area contributed by atoms with E-state index in [1.165, 1.54) is 0 Å². The highest BCUT2D eigenvalue weighted by atomic mass is 16.1. The molecule has 1 rings (SSSR count). The molecular weight excluding hydrogens is 210 g/mol. The molecule has 0 amide bonds. The van der Waals surface area contributed by atoms with Crippen molar-refractivity contribution in [3.05, 3.63) is 41.0 Å². The zero-order valence-corrected chi connectivity index (χ0v) is 10.7. The number of aryl methyl sites for hydroxylation is 1. The number of carbonyl (C=O) groups excluding carboxylic acids is 1. The molecule has 88 valence electrons. The van der Waals surface area contributed by atoms with Crippen molar-refractivity contribution < 1.29 is 4.79 Å². The van der Waals surface area contributed by atoms with E-state index in [2.05, 4.69) is 0 Å². The van der Waals surface area contributed by atoms with Gasteiger partial charge in [0.25, 0.3) is 0 Å². The monoisotopic (exact) mass is 227 g/mol. The Bertz CT molecular complexity index is 481. The first-order valence-electron chi connectivity index (χ1n) is 5.58. The average Bonchev–Trinajstić information content (AvgIpc) is 2.26. The molecule has 0 bridgehead atoms. The molecule has 0 N–H and O–H groups in total. The van der Waals surface area contributed by atoms with Gasteiger partial charge in [0.05, 0.1) is 5.57 Å². The first kappa shape index (κ1) is 13.2. The number of Topliss-reactive ketones (excluding diaryl/α,β-unsaturated/α-hetero) is 1. The van der Waals surface area contributed by atoms with Crippen LogP contribution in [-0.4, -0.2) is 5.78 Å². The number of nitrogens with zero attached hydrogens (tertiary/aromatic N) is 1. The lowest BCUT2D eigenvalue weighted by atomic mass is 9.86. The van der Waals surface area contributed by atoms with E-state index in [0.29, 0.717) is 0 Å².